The maximum Gasteiger partial charge on any atom is 0.249 e. The van der Waals surface area contributed by atoms with Crippen LogP contribution in [0.1, 0.15) is 0 Å². The van der Waals surface area contributed by atoms with Gasteiger partial charge in [0.15, 0.2) is 0 Å². The Morgan fingerprint density at radius 3 is 2.44 bits per heavy atom. The molecular formula is C11H20N2O3. The van der Waals surface area contributed by atoms with Crippen molar-refractivity contribution in [1.82, 2.24) is 9.80 Å². The van der Waals surface area contributed by atoms with Crippen LogP contribution in [0.15, 0.2) is 24.1 Å². The van der Waals surface area contributed by atoms with Crippen LogP contribution in [0.4, 0.5) is 0 Å². The van der Waals surface area contributed by atoms with Gasteiger partial charge in [-0.1, -0.05) is 6.58 Å². The Balaban J connectivity index is 4.42. The van der Waals surface area contributed by atoms with Crippen LogP contribution in [0.25, 0.3) is 0 Å². The van der Waals surface area contributed by atoms with E-state index in [-0.39, 0.29) is 11.7 Å². The molecule has 0 rings (SSSR count). The van der Waals surface area contributed by atoms with Gasteiger partial charge in [0.2, 0.25) is 5.91 Å². The van der Waals surface area contributed by atoms with Crippen molar-refractivity contribution in [3.05, 3.63) is 24.1 Å². The van der Waals surface area contributed by atoms with Crippen molar-refractivity contribution in [1.29, 1.82) is 0 Å². The van der Waals surface area contributed by atoms with Gasteiger partial charge in [0.05, 0.1) is 12.3 Å². The molecule has 0 spiro atoms. The summed E-state index contributed by atoms with van der Waals surface area (Å²) in [4.78, 5) is 14.4. The van der Waals surface area contributed by atoms with Crippen LogP contribution in [0, 0.1) is 0 Å². The molecule has 0 aliphatic heterocycles. The highest BCUT2D eigenvalue weighted by Crippen LogP contribution is 2.08. The maximum atomic E-state index is 11.3. The summed E-state index contributed by atoms with van der Waals surface area (Å²) in [7, 11) is 6.60. The van der Waals surface area contributed by atoms with E-state index in [2.05, 4.69) is 6.58 Å². The summed E-state index contributed by atoms with van der Waals surface area (Å²) in [6, 6.07) is 0. The first-order valence-electron chi connectivity index (χ1n) is 4.91. The Hall–Kier alpha value is -1.49. The number of carbonyl (C=O) groups excluding carboxylic acids is 1. The van der Waals surface area contributed by atoms with Crippen LogP contribution in [-0.2, 0) is 9.53 Å². The summed E-state index contributed by atoms with van der Waals surface area (Å²) >= 11 is 0. The Kier molecular flexibility index (Phi) is 6.25. The molecule has 0 saturated carbocycles. The number of rotatable bonds is 6. The quantitative estimate of drug-likeness (QED) is 0.411. The predicted molar refractivity (Wildman–Crippen MR) is 63.1 cm³/mol. The zero-order valence-corrected chi connectivity index (χ0v) is 10.4. The molecule has 0 radical (unpaired) electrons. The van der Waals surface area contributed by atoms with Gasteiger partial charge in [-0.05, 0) is 0 Å². The highest BCUT2D eigenvalue weighted by atomic mass is 16.5. The Labute approximate surface area is 96.6 Å². The lowest BCUT2D eigenvalue weighted by Gasteiger charge is -2.20. The van der Waals surface area contributed by atoms with E-state index in [1.54, 1.807) is 33.2 Å². The fourth-order valence-electron chi connectivity index (χ4n) is 0.888. The minimum atomic E-state index is -0.279. The number of likely N-dealkylation sites (N-methyl/N-ethyl adjacent to an activating group) is 2. The molecule has 0 atom stereocenters. The van der Waals surface area contributed by atoms with E-state index in [1.165, 1.54) is 4.90 Å². The van der Waals surface area contributed by atoms with E-state index >= 15 is 0 Å². The van der Waals surface area contributed by atoms with Crippen molar-refractivity contribution in [3.8, 4) is 0 Å². The highest BCUT2D eigenvalue weighted by Gasteiger charge is 2.09. The third-order valence-electron chi connectivity index (χ3n) is 2.09. The SMILES string of the molecule is C=C(C(O)=CC(=O)N(C)C)N(C)CCOC. The zero-order valence-electron chi connectivity index (χ0n) is 10.4. The fraction of sp³-hybridized carbons (Fsp3) is 0.545. The second-order valence-electron chi connectivity index (χ2n) is 3.62. The number of methoxy groups -OCH3 is 1. The summed E-state index contributed by atoms with van der Waals surface area (Å²) in [6.07, 6.45) is 1.14. The van der Waals surface area contributed by atoms with Crippen LogP contribution >= 0.6 is 0 Å². The lowest BCUT2D eigenvalue weighted by Crippen LogP contribution is -2.24. The third kappa shape index (κ3) is 4.84. The molecule has 0 aromatic heterocycles. The van der Waals surface area contributed by atoms with Crippen LogP contribution in [-0.4, -0.2) is 62.2 Å². The van der Waals surface area contributed by atoms with Crippen LogP contribution < -0.4 is 0 Å². The molecule has 0 aromatic rings. The van der Waals surface area contributed by atoms with Gasteiger partial charge in [0.1, 0.15) is 5.76 Å². The number of carbonyl (C=O) groups is 1. The first kappa shape index (κ1) is 14.5. The average Bonchev–Trinajstić information content (AvgIpc) is 2.24. The van der Waals surface area contributed by atoms with Crippen molar-refractivity contribution >= 4 is 5.91 Å². The lowest BCUT2D eigenvalue weighted by molar-refractivity contribution is -0.123. The van der Waals surface area contributed by atoms with Crippen molar-refractivity contribution < 1.29 is 14.6 Å². The van der Waals surface area contributed by atoms with E-state index in [0.29, 0.717) is 18.8 Å². The molecule has 5 nitrogen and oxygen atoms in total. The first-order valence-corrected chi connectivity index (χ1v) is 4.91. The molecule has 0 aromatic carbocycles. The monoisotopic (exact) mass is 228 g/mol. The molecule has 16 heavy (non-hydrogen) atoms. The summed E-state index contributed by atoms with van der Waals surface area (Å²) in [5.41, 5.74) is 0.396. The molecule has 5 heteroatoms. The Morgan fingerprint density at radius 2 is 2.00 bits per heavy atom. The molecule has 92 valence electrons. The van der Waals surface area contributed by atoms with E-state index in [1.807, 2.05) is 0 Å². The van der Waals surface area contributed by atoms with Gasteiger partial charge in [0, 0.05) is 40.9 Å². The normalized spacial score (nSPS) is 11.1. The minimum absolute atomic E-state index is 0.127. The van der Waals surface area contributed by atoms with Crippen molar-refractivity contribution in [2.75, 3.05) is 41.4 Å². The largest absolute Gasteiger partial charge is 0.506 e. The van der Waals surface area contributed by atoms with Gasteiger partial charge in [0.25, 0.3) is 0 Å². The first-order chi connectivity index (χ1) is 7.40. The Bertz CT molecular complexity index is 285. The number of amides is 1. The molecule has 1 amide bonds. The number of ether oxygens (including phenoxy) is 1. The summed E-state index contributed by atoms with van der Waals surface area (Å²) in [6.45, 7) is 4.83. The number of nitrogens with zero attached hydrogens (tertiary/aromatic N) is 2. The minimum Gasteiger partial charge on any atom is -0.506 e. The summed E-state index contributed by atoms with van der Waals surface area (Å²) in [5.74, 6) is -0.406. The lowest BCUT2D eigenvalue weighted by atomic mass is 10.3. The number of aliphatic hydroxyl groups is 1. The van der Waals surface area contributed by atoms with E-state index in [4.69, 9.17) is 4.74 Å². The number of aliphatic hydroxyl groups excluding tert-OH is 1. The Morgan fingerprint density at radius 1 is 1.44 bits per heavy atom. The van der Waals surface area contributed by atoms with Gasteiger partial charge in [-0.3, -0.25) is 4.79 Å². The second kappa shape index (κ2) is 6.90. The average molecular weight is 228 g/mol. The van der Waals surface area contributed by atoms with Gasteiger partial charge in [-0.25, -0.2) is 0 Å². The van der Waals surface area contributed by atoms with E-state index < -0.39 is 0 Å². The molecule has 0 aliphatic rings. The molecular weight excluding hydrogens is 208 g/mol. The van der Waals surface area contributed by atoms with Gasteiger partial charge in [-0.15, -0.1) is 0 Å². The fourth-order valence-corrected chi connectivity index (χ4v) is 0.888. The topological polar surface area (TPSA) is 53.0 Å². The smallest absolute Gasteiger partial charge is 0.249 e. The second-order valence-corrected chi connectivity index (χ2v) is 3.62. The molecule has 0 aliphatic carbocycles. The number of hydrogen-bond acceptors (Lipinski definition) is 4. The molecule has 1 N–H and O–H groups in total. The van der Waals surface area contributed by atoms with Crippen molar-refractivity contribution in [2.24, 2.45) is 0 Å². The molecule has 0 fully saturated rings. The van der Waals surface area contributed by atoms with E-state index in [0.717, 1.165) is 6.08 Å². The predicted octanol–water partition coefficient (Wildman–Crippen LogP) is 0.608. The highest BCUT2D eigenvalue weighted by molar-refractivity contribution is 5.88. The van der Waals surface area contributed by atoms with Gasteiger partial charge in [-0.2, -0.15) is 0 Å². The van der Waals surface area contributed by atoms with Gasteiger partial charge < -0.3 is 19.6 Å². The maximum absolute atomic E-state index is 11.3. The van der Waals surface area contributed by atoms with Crippen molar-refractivity contribution in [2.45, 2.75) is 0 Å². The van der Waals surface area contributed by atoms with Gasteiger partial charge >= 0.3 is 0 Å². The van der Waals surface area contributed by atoms with Crippen LogP contribution in [0.3, 0.4) is 0 Å². The molecule has 0 heterocycles. The molecule has 0 unspecified atom stereocenters. The summed E-state index contributed by atoms with van der Waals surface area (Å²) < 4.78 is 4.90. The van der Waals surface area contributed by atoms with Crippen molar-refractivity contribution in [3.63, 3.8) is 0 Å². The zero-order chi connectivity index (χ0) is 12.7. The molecule has 0 saturated heterocycles. The third-order valence-corrected chi connectivity index (χ3v) is 2.09. The number of hydrogen-bond donors (Lipinski definition) is 1. The standard InChI is InChI=1S/C11H20N2O3/c1-9(13(4)6-7-16-5)10(14)8-11(15)12(2)3/h8,14H,1,6-7H2,2-5H3. The van der Waals surface area contributed by atoms with E-state index in [9.17, 15) is 9.90 Å². The molecule has 0 bridgehead atoms. The summed E-state index contributed by atoms with van der Waals surface area (Å²) in [5, 5.41) is 9.64. The van der Waals surface area contributed by atoms with Crippen LogP contribution in [0.2, 0.25) is 0 Å². The van der Waals surface area contributed by atoms with Crippen LogP contribution in [0.5, 0.6) is 0 Å².